The third-order valence-electron chi connectivity index (χ3n) is 2.53. The van der Waals surface area contributed by atoms with E-state index in [1.54, 1.807) is 12.1 Å². The van der Waals surface area contributed by atoms with Crippen molar-refractivity contribution >= 4 is 15.9 Å². The van der Waals surface area contributed by atoms with Crippen LogP contribution in [0.25, 0.3) is 0 Å². The van der Waals surface area contributed by atoms with Crippen molar-refractivity contribution in [2.24, 2.45) is 0 Å². The maximum absolute atomic E-state index is 13.6. The van der Waals surface area contributed by atoms with Crippen LogP contribution in [0.3, 0.4) is 0 Å². The van der Waals surface area contributed by atoms with Crippen LogP contribution >= 0.6 is 15.9 Å². The monoisotopic (exact) mass is 316 g/mol. The molecule has 0 spiro atoms. The minimum absolute atomic E-state index is 0.163. The number of nitrogens with one attached hydrogen (secondary N) is 2. The van der Waals surface area contributed by atoms with Crippen LogP contribution in [0.4, 0.5) is 4.39 Å². The Morgan fingerprint density at radius 1 is 1.22 bits per heavy atom. The van der Waals surface area contributed by atoms with Gasteiger partial charge in [-0.3, -0.25) is 0 Å². The lowest BCUT2D eigenvalue weighted by Gasteiger charge is -2.20. The Kier molecular flexibility index (Phi) is 6.26. The van der Waals surface area contributed by atoms with Crippen molar-refractivity contribution in [2.75, 3.05) is 13.1 Å². The summed E-state index contributed by atoms with van der Waals surface area (Å²) in [6.07, 6.45) is 1.03. The molecule has 0 amide bonds. The lowest BCUT2D eigenvalue weighted by molar-refractivity contribution is 0.418. The molecule has 0 aliphatic rings. The number of rotatable bonds is 6. The molecule has 0 unspecified atom stereocenters. The first-order chi connectivity index (χ1) is 8.40. The van der Waals surface area contributed by atoms with Crippen LogP contribution in [-0.2, 0) is 6.54 Å². The van der Waals surface area contributed by atoms with Crippen molar-refractivity contribution in [1.82, 2.24) is 10.6 Å². The number of hydrogen-bond acceptors (Lipinski definition) is 2. The molecule has 4 heteroatoms. The summed E-state index contributed by atoms with van der Waals surface area (Å²) in [5, 5.41) is 6.67. The topological polar surface area (TPSA) is 24.1 Å². The molecule has 0 bridgehead atoms. The summed E-state index contributed by atoms with van der Waals surface area (Å²) < 4.78 is 14.2. The van der Waals surface area contributed by atoms with Crippen molar-refractivity contribution in [3.8, 4) is 0 Å². The summed E-state index contributed by atoms with van der Waals surface area (Å²) in [6, 6.07) is 5.37. The van der Waals surface area contributed by atoms with Gasteiger partial charge in [-0.05, 0) is 62.3 Å². The molecule has 0 saturated heterocycles. The lowest BCUT2D eigenvalue weighted by Crippen LogP contribution is -2.37. The molecule has 18 heavy (non-hydrogen) atoms. The molecule has 0 fully saturated rings. The molecular weight excluding hydrogens is 295 g/mol. The van der Waals surface area contributed by atoms with Crippen LogP contribution in [0.5, 0.6) is 0 Å². The van der Waals surface area contributed by atoms with Gasteiger partial charge in [-0.2, -0.15) is 0 Å². The van der Waals surface area contributed by atoms with Crippen LogP contribution < -0.4 is 10.6 Å². The van der Waals surface area contributed by atoms with Gasteiger partial charge in [-0.25, -0.2) is 4.39 Å². The van der Waals surface area contributed by atoms with Gasteiger partial charge in [0, 0.05) is 17.6 Å². The van der Waals surface area contributed by atoms with Gasteiger partial charge < -0.3 is 10.6 Å². The summed E-state index contributed by atoms with van der Waals surface area (Å²) >= 11 is 3.19. The highest BCUT2D eigenvalue weighted by Crippen LogP contribution is 2.18. The third kappa shape index (κ3) is 5.94. The van der Waals surface area contributed by atoms with E-state index in [1.165, 1.54) is 0 Å². The highest BCUT2D eigenvalue weighted by atomic mass is 79.9. The van der Waals surface area contributed by atoms with Crippen LogP contribution in [0.1, 0.15) is 32.8 Å². The van der Waals surface area contributed by atoms with Gasteiger partial charge in [0.15, 0.2) is 0 Å². The molecule has 0 saturated carbocycles. The van der Waals surface area contributed by atoms with Crippen molar-refractivity contribution < 1.29 is 4.39 Å². The Labute approximate surface area is 117 Å². The second-order valence-electron chi connectivity index (χ2n) is 5.42. The molecule has 1 rings (SSSR count). The van der Waals surface area contributed by atoms with E-state index in [2.05, 4.69) is 47.3 Å². The van der Waals surface area contributed by atoms with Crippen molar-refractivity contribution in [2.45, 2.75) is 39.3 Å². The predicted octanol–water partition coefficient (Wildman–Crippen LogP) is 3.46. The second kappa shape index (κ2) is 7.22. The highest BCUT2D eigenvalue weighted by Gasteiger charge is 2.07. The molecule has 1 aromatic rings. The predicted molar refractivity (Wildman–Crippen MR) is 78.2 cm³/mol. The van der Waals surface area contributed by atoms with Crippen molar-refractivity contribution in [3.05, 3.63) is 34.1 Å². The maximum Gasteiger partial charge on any atom is 0.141 e. The first kappa shape index (κ1) is 15.6. The van der Waals surface area contributed by atoms with Crippen LogP contribution in [0, 0.1) is 5.82 Å². The standard InChI is InChI=1S/C14H22BrFN2/c1-14(2,3)18-9-5-8-17-10-11-6-4-7-12(15)13(11)16/h4,6-7,17-18H,5,8-10H2,1-3H3. The van der Waals surface area contributed by atoms with E-state index in [0.29, 0.717) is 16.6 Å². The maximum atomic E-state index is 13.6. The largest absolute Gasteiger partial charge is 0.313 e. The Balaban J connectivity index is 2.20. The molecule has 2 nitrogen and oxygen atoms in total. The van der Waals surface area contributed by atoms with Crippen LogP contribution in [0.15, 0.2) is 22.7 Å². The summed E-state index contributed by atoms with van der Waals surface area (Å²) in [4.78, 5) is 0. The van der Waals surface area contributed by atoms with Crippen LogP contribution in [-0.4, -0.2) is 18.6 Å². The Morgan fingerprint density at radius 3 is 2.61 bits per heavy atom. The fourth-order valence-electron chi connectivity index (χ4n) is 1.58. The van der Waals surface area contributed by atoms with E-state index in [9.17, 15) is 4.39 Å². The van der Waals surface area contributed by atoms with Crippen molar-refractivity contribution in [3.63, 3.8) is 0 Å². The van der Waals surface area contributed by atoms with Gasteiger partial charge >= 0.3 is 0 Å². The zero-order valence-corrected chi connectivity index (χ0v) is 12.9. The Bertz CT molecular complexity index is 375. The molecule has 0 aliphatic carbocycles. The molecule has 0 radical (unpaired) electrons. The fraction of sp³-hybridized carbons (Fsp3) is 0.571. The zero-order valence-electron chi connectivity index (χ0n) is 11.3. The van der Waals surface area contributed by atoms with E-state index < -0.39 is 0 Å². The first-order valence-electron chi connectivity index (χ1n) is 6.29. The summed E-state index contributed by atoms with van der Waals surface area (Å²) in [5.74, 6) is -0.169. The molecule has 0 atom stereocenters. The summed E-state index contributed by atoms with van der Waals surface area (Å²) in [6.45, 7) is 8.87. The summed E-state index contributed by atoms with van der Waals surface area (Å²) in [7, 11) is 0. The average Bonchev–Trinajstić information content (AvgIpc) is 2.27. The first-order valence-corrected chi connectivity index (χ1v) is 7.08. The van der Waals surface area contributed by atoms with Crippen molar-refractivity contribution in [1.29, 1.82) is 0 Å². The van der Waals surface area contributed by atoms with Gasteiger partial charge in [-0.1, -0.05) is 12.1 Å². The molecule has 2 N–H and O–H groups in total. The molecule has 0 aromatic heterocycles. The quantitative estimate of drug-likeness (QED) is 0.785. The number of hydrogen-bond donors (Lipinski definition) is 2. The minimum atomic E-state index is -0.169. The molecule has 1 aromatic carbocycles. The normalized spacial score (nSPS) is 11.8. The summed E-state index contributed by atoms with van der Waals surface area (Å²) in [5.41, 5.74) is 0.865. The number of halogens is 2. The Hall–Kier alpha value is -0.450. The molecule has 102 valence electrons. The van der Waals surface area contributed by atoms with Gasteiger partial charge in [-0.15, -0.1) is 0 Å². The van der Waals surface area contributed by atoms with Gasteiger partial charge in [0.05, 0.1) is 4.47 Å². The average molecular weight is 317 g/mol. The SMILES string of the molecule is CC(C)(C)NCCCNCc1cccc(Br)c1F. The molecule has 0 heterocycles. The Morgan fingerprint density at radius 2 is 1.94 bits per heavy atom. The van der Waals surface area contributed by atoms with E-state index in [1.807, 2.05) is 6.07 Å². The van der Waals surface area contributed by atoms with E-state index in [0.717, 1.165) is 19.5 Å². The van der Waals surface area contributed by atoms with E-state index >= 15 is 0 Å². The number of benzene rings is 1. The lowest BCUT2D eigenvalue weighted by atomic mass is 10.1. The molecular formula is C14H22BrFN2. The van der Waals surface area contributed by atoms with E-state index in [-0.39, 0.29) is 11.4 Å². The van der Waals surface area contributed by atoms with Crippen LogP contribution in [0.2, 0.25) is 0 Å². The van der Waals surface area contributed by atoms with Gasteiger partial charge in [0.1, 0.15) is 5.82 Å². The molecule has 0 aliphatic heterocycles. The van der Waals surface area contributed by atoms with Gasteiger partial charge in [0.2, 0.25) is 0 Å². The fourth-order valence-corrected chi connectivity index (χ4v) is 1.99. The highest BCUT2D eigenvalue weighted by molar-refractivity contribution is 9.10. The smallest absolute Gasteiger partial charge is 0.141 e. The third-order valence-corrected chi connectivity index (χ3v) is 3.15. The second-order valence-corrected chi connectivity index (χ2v) is 6.27. The van der Waals surface area contributed by atoms with Gasteiger partial charge in [0.25, 0.3) is 0 Å². The zero-order chi connectivity index (χ0) is 13.6. The van der Waals surface area contributed by atoms with E-state index in [4.69, 9.17) is 0 Å². The minimum Gasteiger partial charge on any atom is -0.313 e.